The standard InChI is InChI=1S/C20H20BrN5O/c1-12-16(14(3)26-20(25-12)15(10-22)11-23-26)8-9-19(27)24-13(2)17-6-4-5-7-18(17)21/h4-7,11,13H,8-9H2,1-3H3,(H,24,27). The van der Waals surface area contributed by atoms with E-state index in [-0.39, 0.29) is 11.9 Å². The molecule has 3 rings (SSSR count). The second kappa shape index (κ2) is 7.89. The zero-order valence-electron chi connectivity index (χ0n) is 15.5. The third-order valence-corrected chi connectivity index (χ3v) is 5.40. The summed E-state index contributed by atoms with van der Waals surface area (Å²) < 4.78 is 2.65. The molecule has 1 unspecified atom stereocenters. The molecule has 1 aromatic carbocycles. The summed E-state index contributed by atoms with van der Waals surface area (Å²) in [4.78, 5) is 16.9. The molecule has 0 bridgehead atoms. The molecular formula is C20H20BrN5O. The number of carbonyl (C=O) groups is 1. The van der Waals surface area contributed by atoms with Crippen molar-refractivity contribution < 1.29 is 4.79 Å². The largest absolute Gasteiger partial charge is 0.350 e. The lowest BCUT2D eigenvalue weighted by atomic mass is 10.0. The van der Waals surface area contributed by atoms with Gasteiger partial charge in [-0.05, 0) is 44.4 Å². The van der Waals surface area contributed by atoms with Crippen LogP contribution in [0, 0.1) is 25.2 Å². The van der Waals surface area contributed by atoms with Crippen LogP contribution in [0.1, 0.15) is 47.5 Å². The fourth-order valence-corrected chi connectivity index (χ4v) is 3.84. The first-order valence-corrected chi connectivity index (χ1v) is 9.49. The molecule has 6 nitrogen and oxygen atoms in total. The van der Waals surface area contributed by atoms with E-state index >= 15 is 0 Å². The molecule has 3 aromatic rings. The number of hydrogen-bond donors (Lipinski definition) is 1. The number of carbonyl (C=O) groups excluding carboxylic acids is 1. The summed E-state index contributed by atoms with van der Waals surface area (Å²) >= 11 is 3.52. The van der Waals surface area contributed by atoms with E-state index in [4.69, 9.17) is 5.26 Å². The lowest BCUT2D eigenvalue weighted by Crippen LogP contribution is -2.27. The van der Waals surface area contributed by atoms with Crippen molar-refractivity contribution in [3.63, 3.8) is 0 Å². The van der Waals surface area contributed by atoms with E-state index in [1.54, 1.807) is 4.52 Å². The maximum atomic E-state index is 12.4. The summed E-state index contributed by atoms with van der Waals surface area (Å²) in [5.41, 5.74) is 4.77. The van der Waals surface area contributed by atoms with Crippen molar-refractivity contribution in [2.24, 2.45) is 0 Å². The molecule has 1 atom stereocenters. The van der Waals surface area contributed by atoms with Gasteiger partial charge in [-0.2, -0.15) is 10.4 Å². The Morgan fingerprint density at radius 2 is 2.11 bits per heavy atom. The Balaban J connectivity index is 1.72. The number of nitrogens with zero attached hydrogens (tertiary/aromatic N) is 4. The molecule has 0 aliphatic carbocycles. The first kappa shape index (κ1) is 19.1. The third kappa shape index (κ3) is 3.86. The van der Waals surface area contributed by atoms with Crippen molar-refractivity contribution in [2.75, 3.05) is 0 Å². The minimum absolute atomic E-state index is 0.0182. The van der Waals surface area contributed by atoms with Gasteiger partial charge in [-0.1, -0.05) is 34.1 Å². The number of nitriles is 1. The highest BCUT2D eigenvalue weighted by molar-refractivity contribution is 9.10. The van der Waals surface area contributed by atoms with Crippen LogP contribution in [0.5, 0.6) is 0 Å². The summed E-state index contributed by atoms with van der Waals surface area (Å²) in [6.07, 6.45) is 2.44. The summed E-state index contributed by atoms with van der Waals surface area (Å²) in [5, 5.41) is 16.4. The van der Waals surface area contributed by atoms with Crippen LogP contribution in [0.2, 0.25) is 0 Å². The van der Waals surface area contributed by atoms with E-state index in [1.807, 2.05) is 45.0 Å². The number of rotatable bonds is 5. The lowest BCUT2D eigenvalue weighted by Gasteiger charge is -2.16. The molecule has 2 aromatic heterocycles. The zero-order chi connectivity index (χ0) is 19.6. The summed E-state index contributed by atoms with van der Waals surface area (Å²) in [7, 11) is 0. The normalized spacial score (nSPS) is 12.0. The Labute approximate surface area is 166 Å². The molecule has 0 spiro atoms. The van der Waals surface area contributed by atoms with Gasteiger partial charge in [-0.15, -0.1) is 0 Å². The average molecular weight is 426 g/mol. The predicted octanol–water partition coefficient (Wildman–Crippen LogP) is 3.79. The van der Waals surface area contributed by atoms with Crippen molar-refractivity contribution in [3.8, 4) is 6.07 Å². The SMILES string of the molecule is Cc1nc2c(C#N)cnn2c(C)c1CCC(=O)NC(C)c1ccccc1Br. The Hall–Kier alpha value is -2.72. The second-order valence-corrected chi connectivity index (χ2v) is 7.33. The van der Waals surface area contributed by atoms with Crippen LogP contribution < -0.4 is 5.32 Å². The van der Waals surface area contributed by atoms with Crippen LogP contribution in [0.4, 0.5) is 0 Å². The number of aromatic nitrogens is 3. The van der Waals surface area contributed by atoms with Crippen LogP contribution in [-0.2, 0) is 11.2 Å². The van der Waals surface area contributed by atoms with Crippen LogP contribution in [0.25, 0.3) is 5.65 Å². The topological polar surface area (TPSA) is 83.1 Å². The average Bonchev–Trinajstić information content (AvgIpc) is 3.04. The van der Waals surface area contributed by atoms with Crippen LogP contribution in [-0.4, -0.2) is 20.5 Å². The van der Waals surface area contributed by atoms with Crippen molar-refractivity contribution >= 4 is 27.5 Å². The Kier molecular flexibility index (Phi) is 5.57. The van der Waals surface area contributed by atoms with Gasteiger partial charge in [0.1, 0.15) is 11.6 Å². The van der Waals surface area contributed by atoms with Crippen molar-refractivity contribution in [1.82, 2.24) is 19.9 Å². The van der Waals surface area contributed by atoms with Crippen LogP contribution in [0.15, 0.2) is 34.9 Å². The van der Waals surface area contributed by atoms with Gasteiger partial charge in [0, 0.05) is 22.3 Å². The number of amides is 1. The van der Waals surface area contributed by atoms with E-state index in [0.29, 0.717) is 24.1 Å². The molecule has 0 aliphatic heterocycles. The van der Waals surface area contributed by atoms with E-state index in [1.165, 1.54) is 6.20 Å². The summed E-state index contributed by atoms with van der Waals surface area (Å²) in [5.74, 6) is -0.0182. The highest BCUT2D eigenvalue weighted by Gasteiger charge is 2.16. The molecule has 0 radical (unpaired) electrons. The number of nitrogens with one attached hydrogen (secondary N) is 1. The van der Waals surface area contributed by atoms with E-state index in [2.05, 4.69) is 37.4 Å². The number of aryl methyl sites for hydroxylation is 2. The number of halogens is 1. The molecule has 27 heavy (non-hydrogen) atoms. The van der Waals surface area contributed by atoms with Gasteiger partial charge in [0.25, 0.3) is 0 Å². The van der Waals surface area contributed by atoms with Gasteiger partial charge < -0.3 is 5.32 Å². The minimum atomic E-state index is -0.0832. The number of hydrogen-bond acceptors (Lipinski definition) is 4. The molecule has 138 valence electrons. The molecule has 2 heterocycles. The monoisotopic (exact) mass is 425 g/mol. The highest BCUT2D eigenvalue weighted by Crippen LogP contribution is 2.23. The third-order valence-electron chi connectivity index (χ3n) is 4.68. The highest BCUT2D eigenvalue weighted by atomic mass is 79.9. The van der Waals surface area contributed by atoms with Crippen LogP contribution in [0.3, 0.4) is 0 Å². The van der Waals surface area contributed by atoms with Gasteiger partial charge in [0.05, 0.1) is 12.2 Å². The van der Waals surface area contributed by atoms with Gasteiger partial charge in [-0.3, -0.25) is 4.79 Å². The summed E-state index contributed by atoms with van der Waals surface area (Å²) in [6.45, 7) is 5.81. The van der Waals surface area contributed by atoms with Crippen molar-refractivity contribution in [3.05, 3.63) is 63.0 Å². The van der Waals surface area contributed by atoms with Gasteiger partial charge >= 0.3 is 0 Å². The first-order chi connectivity index (χ1) is 12.9. The minimum Gasteiger partial charge on any atom is -0.350 e. The Morgan fingerprint density at radius 3 is 2.81 bits per heavy atom. The molecule has 0 saturated heterocycles. The molecule has 0 fully saturated rings. The molecular weight excluding hydrogens is 406 g/mol. The Morgan fingerprint density at radius 1 is 1.37 bits per heavy atom. The van der Waals surface area contributed by atoms with Crippen LogP contribution >= 0.6 is 15.9 Å². The van der Waals surface area contributed by atoms with Gasteiger partial charge in [-0.25, -0.2) is 9.50 Å². The maximum absolute atomic E-state index is 12.4. The Bertz CT molecular complexity index is 1050. The molecule has 7 heteroatoms. The van der Waals surface area contributed by atoms with E-state index in [0.717, 1.165) is 27.0 Å². The first-order valence-electron chi connectivity index (χ1n) is 8.70. The lowest BCUT2D eigenvalue weighted by molar-refractivity contribution is -0.121. The maximum Gasteiger partial charge on any atom is 0.220 e. The van der Waals surface area contributed by atoms with E-state index < -0.39 is 0 Å². The van der Waals surface area contributed by atoms with Crippen molar-refractivity contribution in [2.45, 2.75) is 39.7 Å². The number of benzene rings is 1. The second-order valence-electron chi connectivity index (χ2n) is 6.48. The fraction of sp³-hybridized carbons (Fsp3) is 0.300. The molecule has 1 amide bonds. The molecule has 0 aliphatic rings. The van der Waals surface area contributed by atoms with E-state index in [9.17, 15) is 4.79 Å². The van der Waals surface area contributed by atoms with Gasteiger partial charge in [0.2, 0.25) is 5.91 Å². The summed E-state index contributed by atoms with van der Waals surface area (Å²) in [6, 6.07) is 9.88. The number of fused-ring (bicyclic) bond motifs is 1. The van der Waals surface area contributed by atoms with Crippen molar-refractivity contribution in [1.29, 1.82) is 5.26 Å². The fourth-order valence-electron chi connectivity index (χ4n) is 3.21. The predicted molar refractivity (Wildman–Crippen MR) is 106 cm³/mol. The molecule has 1 N–H and O–H groups in total. The van der Waals surface area contributed by atoms with Gasteiger partial charge in [0.15, 0.2) is 5.65 Å². The quantitative estimate of drug-likeness (QED) is 0.673. The molecule has 0 saturated carbocycles. The smallest absolute Gasteiger partial charge is 0.220 e. The zero-order valence-corrected chi connectivity index (χ0v) is 17.0.